The lowest BCUT2D eigenvalue weighted by Gasteiger charge is -2.08. The molecule has 0 aliphatic carbocycles. The lowest BCUT2D eigenvalue weighted by Crippen LogP contribution is -2.15. The largest absolute Gasteiger partial charge is 0.325 e. The zero-order valence-corrected chi connectivity index (χ0v) is 16.0. The third-order valence-electron chi connectivity index (χ3n) is 3.33. The van der Waals surface area contributed by atoms with Crippen LogP contribution in [0.25, 0.3) is 0 Å². The van der Waals surface area contributed by atoms with Gasteiger partial charge in [-0.1, -0.05) is 23.7 Å². The van der Waals surface area contributed by atoms with Gasteiger partial charge in [0.25, 0.3) is 5.91 Å². The van der Waals surface area contributed by atoms with Crippen molar-refractivity contribution in [3.63, 3.8) is 0 Å². The Balaban J connectivity index is 1.55. The minimum atomic E-state index is -0.165. The van der Waals surface area contributed by atoms with E-state index < -0.39 is 0 Å². The SMILES string of the molecule is O=C(CSc1ccc(Cl)cc1)Nc1cccc(NC(=O)c2cccs2)c1. The average molecular weight is 403 g/mol. The summed E-state index contributed by atoms with van der Waals surface area (Å²) in [6.45, 7) is 0. The molecule has 3 rings (SSSR count). The molecule has 0 aliphatic rings. The van der Waals surface area contributed by atoms with Gasteiger partial charge in [-0.3, -0.25) is 9.59 Å². The number of carbonyl (C=O) groups is 2. The molecule has 0 aliphatic heterocycles. The minimum absolute atomic E-state index is 0.119. The van der Waals surface area contributed by atoms with Gasteiger partial charge in [-0.15, -0.1) is 23.1 Å². The van der Waals surface area contributed by atoms with Gasteiger partial charge < -0.3 is 10.6 Å². The molecule has 3 aromatic rings. The number of nitrogens with one attached hydrogen (secondary N) is 2. The molecule has 0 saturated carbocycles. The summed E-state index contributed by atoms with van der Waals surface area (Å²) < 4.78 is 0. The standard InChI is InChI=1S/C19H15ClN2O2S2/c20-13-6-8-16(9-7-13)26-12-18(23)21-14-3-1-4-15(11-14)22-19(24)17-5-2-10-25-17/h1-11H,12H2,(H,21,23)(H,22,24). The van der Waals surface area contributed by atoms with Gasteiger partial charge in [0.2, 0.25) is 5.91 Å². The Labute approximate surface area is 164 Å². The van der Waals surface area contributed by atoms with Crippen molar-refractivity contribution in [2.75, 3.05) is 16.4 Å². The molecule has 0 saturated heterocycles. The van der Waals surface area contributed by atoms with Crippen LogP contribution in [0, 0.1) is 0 Å². The first-order valence-corrected chi connectivity index (χ1v) is 9.97. The summed E-state index contributed by atoms with van der Waals surface area (Å²) in [4.78, 5) is 25.8. The Hall–Kier alpha value is -2.28. The van der Waals surface area contributed by atoms with Gasteiger partial charge in [-0.2, -0.15) is 0 Å². The number of amides is 2. The summed E-state index contributed by atoms with van der Waals surface area (Å²) in [5, 5.41) is 8.18. The van der Waals surface area contributed by atoms with E-state index in [1.54, 1.807) is 42.5 Å². The van der Waals surface area contributed by atoms with Crippen LogP contribution in [0.15, 0.2) is 70.9 Å². The molecule has 2 N–H and O–H groups in total. The topological polar surface area (TPSA) is 58.2 Å². The van der Waals surface area contributed by atoms with E-state index in [-0.39, 0.29) is 17.6 Å². The Kier molecular flexibility index (Phi) is 6.33. The summed E-state index contributed by atoms with van der Waals surface area (Å²) in [5.41, 5.74) is 1.27. The molecule has 0 fully saturated rings. The van der Waals surface area contributed by atoms with Crippen LogP contribution in [0.5, 0.6) is 0 Å². The van der Waals surface area contributed by atoms with Crippen LogP contribution in [-0.4, -0.2) is 17.6 Å². The van der Waals surface area contributed by atoms with Crippen molar-refractivity contribution >= 4 is 57.9 Å². The Morgan fingerprint density at radius 2 is 1.69 bits per heavy atom. The third-order valence-corrected chi connectivity index (χ3v) is 5.47. The van der Waals surface area contributed by atoms with Crippen LogP contribution in [0.3, 0.4) is 0 Å². The summed E-state index contributed by atoms with van der Waals surface area (Å²) in [6, 6.07) is 18.0. The van der Waals surface area contributed by atoms with Crippen molar-refractivity contribution in [2.45, 2.75) is 4.90 Å². The van der Waals surface area contributed by atoms with Gasteiger partial charge in [0.15, 0.2) is 0 Å². The summed E-state index contributed by atoms with van der Waals surface area (Å²) in [6.07, 6.45) is 0. The Morgan fingerprint density at radius 3 is 2.38 bits per heavy atom. The number of benzene rings is 2. The maximum atomic E-state index is 12.1. The molecule has 0 radical (unpaired) electrons. The van der Waals surface area contributed by atoms with Crippen LogP contribution >= 0.6 is 34.7 Å². The molecule has 0 bridgehead atoms. The minimum Gasteiger partial charge on any atom is -0.325 e. The fourth-order valence-corrected chi connectivity index (χ4v) is 3.60. The van der Waals surface area contributed by atoms with Crippen LogP contribution in [0.4, 0.5) is 11.4 Å². The number of anilines is 2. The van der Waals surface area contributed by atoms with Crippen molar-refractivity contribution in [2.24, 2.45) is 0 Å². The predicted octanol–water partition coefficient (Wildman–Crippen LogP) is 5.38. The Bertz CT molecular complexity index is 896. The number of halogens is 1. The molecule has 132 valence electrons. The smallest absolute Gasteiger partial charge is 0.265 e. The Morgan fingerprint density at radius 1 is 0.962 bits per heavy atom. The van der Waals surface area contributed by atoms with Crippen LogP contribution in [-0.2, 0) is 4.79 Å². The third kappa shape index (κ3) is 5.36. The van der Waals surface area contributed by atoms with Crippen molar-refractivity contribution in [3.05, 3.63) is 75.9 Å². The van der Waals surface area contributed by atoms with Crippen molar-refractivity contribution < 1.29 is 9.59 Å². The second-order valence-electron chi connectivity index (χ2n) is 5.30. The van der Waals surface area contributed by atoms with E-state index in [4.69, 9.17) is 11.6 Å². The van der Waals surface area contributed by atoms with Crippen LogP contribution in [0.2, 0.25) is 5.02 Å². The van der Waals surface area contributed by atoms with Crippen molar-refractivity contribution in [1.29, 1.82) is 0 Å². The lowest BCUT2D eigenvalue weighted by atomic mass is 10.2. The summed E-state index contributed by atoms with van der Waals surface area (Å²) in [7, 11) is 0. The molecule has 4 nitrogen and oxygen atoms in total. The quantitative estimate of drug-likeness (QED) is 0.544. The van der Waals surface area contributed by atoms with Gasteiger partial charge in [0.1, 0.15) is 0 Å². The van der Waals surface area contributed by atoms with Crippen LogP contribution < -0.4 is 10.6 Å². The first-order chi connectivity index (χ1) is 12.6. The number of carbonyl (C=O) groups excluding carboxylic acids is 2. The normalized spacial score (nSPS) is 10.3. The molecule has 7 heteroatoms. The van der Waals surface area contributed by atoms with E-state index in [0.717, 1.165) is 4.90 Å². The maximum absolute atomic E-state index is 12.1. The van der Waals surface area contributed by atoms with E-state index in [2.05, 4.69) is 10.6 Å². The van der Waals surface area contributed by atoms with Gasteiger partial charge >= 0.3 is 0 Å². The van der Waals surface area contributed by atoms with Crippen molar-refractivity contribution in [1.82, 2.24) is 0 Å². The second-order valence-corrected chi connectivity index (χ2v) is 7.74. The molecule has 2 aromatic carbocycles. The first kappa shape index (κ1) is 18.5. The average Bonchev–Trinajstić information content (AvgIpc) is 3.16. The fraction of sp³-hybridized carbons (Fsp3) is 0.0526. The molecule has 1 heterocycles. The summed E-state index contributed by atoms with van der Waals surface area (Å²) >= 11 is 8.66. The van der Waals surface area contributed by atoms with E-state index in [9.17, 15) is 9.59 Å². The highest BCUT2D eigenvalue weighted by Gasteiger charge is 2.08. The highest BCUT2D eigenvalue weighted by Crippen LogP contribution is 2.21. The zero-order valence-electron chi connectivity index (χ0n) is 13.6. The number of thiophene rings is 1. The van der Waals surface area contributed by atoms with Gasteiger partial charge in [0.05, 0.1) is 10.6 Å². The molecule has 2 amide bonds. The van der Waals surface area contributed by atoms with Crippen LogP contribution in [0.1, 0.15) is 9.67 Å². The van der Waals surface area contributed by atoms with Gasteiger partial charge in [0, 0.05) is 21.3 Å². The second kappa shape index (κ2) is 8.89. The van der Waals surface area contributed by atoms with Gasteiger partial charge in [-0.05, 0) is 53.9 Å². The fourth-order valence-electron chi connectivity index (χ4n) is 2.15. The summed E-state index contributed by atoms with van der Waals surface area (Å²) in [5.74, 6) is 0.00129. The highest BCUT2D eigenvalue weighted by molar-refractivity contribution is 8.00. The van der Waals surface area contributed by atoms with E-state index >= 15 is 0 Å². The monoisotopic (exact) mass is 402 g/mol. The molecule has 26 heavy (non-hydrogen) atoms. The number of rotatable bonds is 6. The molecular formula is C19H15ClN2O2S2. The van der Waals surface area contributed by atoms with Gasteiger partial charge in [-0.25, -0.2) is 0 Å². The number of thioether (sulfide) groups is 1. The molecular weight excluding hydrogens is 388 g/mol. The lowest BCUT2D eigenvalue weighted by molar-refractivity contribution is -0.113. The number of hydrogen-bond donors (Lipinski definition) is 2. The molecule has 1 aromatic heterocycles. The first-order valence-electron chi connectivity index (χ1n) is 7.73. The van der Waals surface area contributed by atoms with E-state index in [1.165, 1.54) is 23.1 Å². The molecule has 0 unspecified atom stereocenters. The predicted molar refractivity (Wildman–Crippen MR) is 110 cm³/mol. The van der Waals surface area contributed by atoms with E-state index in [1.807, 2.05) is 23.6 Å². The number of hydrogen-bond acceptors (Lipinski definition) is 4. The molecule has 0 spiro atoms. The zero-order chi connectivity index (χ0) is 18.4. The van der Waals surface area contributed by atoms with E-state index in [0.29, 0.717) is 21.3 Å². The highest BCUT2D eigenvalue weighted by atomic mass is 35.5. The van der Waals surface area contributed by atoms with Crippen molar-refractivity contribution in [3.8, 4) is 0 Å². The maximum Gasteiger partial charge on any atom is 0.265 e. The molecule has 0 atom stereocenters.